The Labute approximate surface area is 146 Å². The number of halogens is 1. The van der Waals surface area contributed by atoms with Crippen LogP contribution < -0.4 is 10.2 Å². The van der Waals surface area contributed by atoms with E-state index in [9.17, 15) is 14.0 Å². The van der Waals surface area contributed by atoms with Crippen LogP contribution in [0.15, 0.2) is 54.6 Å². The van der Waals surface area contributed by atoms with Crippen LogP contribution >= 0.6 is 0 Å². The number of carbonyl (C=O) groups excluding carboxylic acids is 2. The molecule has 0 saturated carbocycles. The second-order valence-electron chi connectivity index (χ2n) is 6.34. The van der Waals surface area contributed by atoms with Gasteiger partial charge >= 0.3 is 0 Å². The lowest BCUT2D eigenvalue weighted by molar-refractivity contribution is -0.121. The lowest BCUT2D eigenvalue weighted by atomic mass is 10.1. The fourth-order valence-corrected chi connectivity index (χ4v) is 3.04. The van der Waals surface area contributed by atoms with Crippen molar-refractivity contribution in [2.45, 2.75) is 19.3 Å². The first-order valence-corrected chi connectivity index (χ1v) is 8.48. The molecule has 1 aliphatic heterocycles. The van der Waals surface area contributed by atoms with Gasteiger partial charge in [-0.3, -0.25) is 9.59 Å². The number of rotatable bonds is 6. The Kier molecular flexibility index (Phi) is 5.43. The summed E-state index contributed by atoms with van der Waals surface area (Å²) in [5, 5.41) is 2.92. The van der Waals surface area contributed by atoms with Crippen LogP contribution in [-0.2, 0) is 16.0 Å². The number of benzene rings is 2. The highest BCUT2D eigenvalue weighted by Crippen LogP contribution is 2.24. The van der Waals surface area contributed by atoms with Crippen molar-refractivity contribution in [3.05, 3.63) is 66.0 Å². The second-order valence-corrected chi connectivity index (χ2v) is 6.34. The molecule has 1 aliphatic rings. The number of aryl methyl sites for hydroxylation is 1. The van der Waals surface area contributed by atoms with Gasteiger partial charge in [0.15, 0.2) is 0 Å². The van der Waals surface area contributed by atoms with Gasteiger partial charge in [0.1, 0.15) is 5.82 Å². The summed E-state index contributed by atoms with van der Waals surface area (Å²) >= 11 is 0. The van der Waals surface area contributed by atoms with Gasteiger partial charge in [-0.15, -0.1) is 0 Å². The van der Waals surface area contributed by atoms with Crippen LogP contribution in [0.3, 0.4) is 0 Å². The highest BCUT2D eigenvalue weighted by molar-refractivity contribution is 5.95. The summed E-state index contributed by atoms with van der Waals surface area (Å²) in [6.07, 6.45) is 1.54. The third-order valence-corrected chi connectivity index (χ3v) is 4.41. The summed E-state index contributed by atoms with van der Waals surface area (Å²) in [6.45, 7) is 1.03. The van der Waals surface area contributed by atoms with Crippen LogP contribution in [0.2, 0.25) is 0 Å². The second kappa shape index (κ2) is 7.92. The molecule has 0 aromatic heterocycles. The number of hydrogen-bond donors (Lipinski definition) is 1. The zero-order valence-corrected chi connectivity index (χ0v) is 14.0. The number of anilines is 1. The monoisotopic (exact) mass is 340 g/mol. The van der Waals surface area contributed by atoms with E-state index in [1.54, 1.807) is 17.0 Å². The van der Waals surface area contributed by atoms with Gasteiger partial charge in [-0.1, -0.05) is 30.3 Å². The van der Waals surface area contributed by atoms with E-state index in [0.717, 1.165) is 5.56 Å². The molecule has 2 amide bonds. The normalized spacial score (nSPS) is 16.9. The topological polar surface area (TPSA) is 49.4 Å². The van der Waals surface area contributed by atoms with Crippen molar-refractivity contribution in [3.63, 3.8) is 0 Å². The van der Waals surface area contributed by atoms with E-state index < -0.39 is 0 Å². The minimum Gasteiger partial charge on any atom is -0.356 e. The molecular formula is C20H21FN2O2. The predicted octanol–water partition coefficient (Wildman–Crippen LogP) is 2.93. The SMILES string of the molecule is O=C(CCc1ccccc1)NCC1CC(=O)N(c2ccc(F)cc2)C1. The van der Waals surface area contributed by atoms with E-state index in [1.165, 1.54) is 12.1 Å². The van der Waals surface area contributed by atoms with Crippen molar-refractivity contribution in [1.82, 2.24) is 5.32 Å². The highest BCUT2D eigenvalue weighted by Gasteiger charge is 2.30. The summed E-state index contributed by atoms with van der Waals surface area (Å²) in [6, 6.07) is 15.8. The first kappa shape index (κ1) is 17.1. The van der Waals surface area contributed by atoms with Gasteiger partial charge in [-0.25, -0.2) is 4.39 Å². The predicted molar refractivity (Wildman–Crippen MR) is 94.6 cm³/mol. The Morgan fingerprint density at radius 1 is 1.12 bits per heavy atom. The number of nitrogens with zero attached hydrogens (tertiary/aromatic N) is 1. The maximum Gasteiger partial charge on any atom is 0.227 e. The van der Waals surface area contributed by atoms with Crippen LogP contribution in [0.25, 0.3) is 0 Å². The summed E-state index contributed by atoms with van der Waals surface area (Å²) in [4.78, 5) is 25.8. The molecule has 4 nitrogen and oxygen atoms in total. The largest absolute Gasteiger partial charge is 0.356 e. The maximum absolute atomic E-state index is 13.0. The van der Waals surface area contributed by atoms with Gasteiger partial charge in [0, 0.05) is 37.5 Å². The van der Waals surface area contributed by atoms with Crippen molar-refractivity contribution >= 4 is 17.5 Å². The smallest absolute Gasteiger partial charge is 0.227 e. The molecule has 1 saturated heterocycles. The van der Waals surface area contributed by atoms with Crippen LogP contribution in [0.1, 0.15) is 18.4 Å². The van der Waals surface area contributed by atoms with E-state index in [2.05, 4.69) is 5.32 Å². The lowest BCUT2D eigenvalue weighted by Crippen LogP contribution is -2.31. The molecule has 0 spiro atoms. The molecule has 2 aromatic carbocycles. The van der Waals surface area contributed by atoms with Crippen molar-refractivity contribution in [2.24, 2.45) is 5.92 Å². The molecule has 0 aliphatic carbocycles. The molecule has 2 aromatic rings. The Balaban J connectivity index is 1.45. The Bertz CT molecular complexity index is 731. The minimum absolute atomic E-state index is 0.00321. The molecule has 0 radical (unpaired) electrons. The summed E-state index contributed by atoms with van der Waals surface area (Å²) < 4.78 is 13.0. The van der Waals surface area contributed by atoms with Crippen LogP contribution in [0, 0.1) is 11.7 Å². The third kappa shape index (κ3) is 4.66. The average molecular weight is 340 g/mol. The summed E-state index contributed by atoms with van der Waals surface area (Å²) in [5.41, 5.74) is 1.83. The maximum atomic E-state index is 13.0. The molecular weight excluding hydrogens is 319 g/mol. The van der Waals surface area contributed by atoms with E-state index in [0.29, 0.717) is 38.0 Å². The number of amides is 2. The first-order valence-electron chi connectivity index (χ1n) is 8.48. The minimum atomic E-state index is -0.322. The van der Waals surface area contributed by atoms with Gasteiger partial charge in [0.05, 0.1) is 0 Å². The molecule has 1 heterocycles. The zero-order valence-electron chi connectivity index (χ0n) is 14.0. The molecule has 1 fully saturated rings. The van der Waals surface area contributed by atoms with Crippen molar-refractivity contribution in [3.8, 4) is 0 Å². The Morgan fingerprint density at radius 2 is 1.84 bits per heavy atom. The van der Waals surface area contributed by atoms with E-state index in [4.69, 9.17) is 0 Å². The van der Waals surface area contributed by atoms with E-state index in [1.807, 2.05) is 30.3 Å². The quantitative estimate of drug-likeness (QED) is 0.879. The molecule has 0 bridgehead atoms. The van der Waals surface area contributed by atoms with Gasteiger partial charge in [-0.05, 0) is 36.2 Å². The molecule has 25 heavy (non-hydrogen) atoms. The van der Waals surface area contributed by atoms with Crippen molar-refractivity contribution in [2.75, 3.05) is 18.0 Å². The number of hydrogen-bond acceptors (Lipinski definition) is 2. The molecule has 1 atom stereocenters. The van der Waals surface area contributed by atoms with E-state index in [-0.39, 0.29) is 23.5 Å². The van der Waals surface area contributed by atoms with Gasteiger partial charge < -0.3 is 10.2 Å². The molecule has 130 valence electrons. The highest BCUT2D eigenvalue weighted by atomic mass is 19.1. The first-order chi connectivity index (χ1) is 12.1. The van der Waals surface area contributed by atoms with Gasteiger partial charge in [0.25, 0.3) is 0 Å². The average Bonchev–Trinajstić information content (AvgIpc) is 3.00. The van der Waals surface area contributed by atoms with E-state index >= 15 is 0 Å². The number of nitrogens with one attached hydrogen (secondary N) is 1. The Hall–Kier alpha value is -2.69. The molecule has 5 heteroatoms. The van der Waals surface area contributed by atoms with Crippen LogP contribution in [-0.4, -0.2) is 24.9 Å². The summed E-state index contributed by atoms with van der Waals surface area (Å²) in [5.74, 6) is -0.234. The fraction of sp³-hybridized carbons (Fsp3) is 0.300. The Morgan fingerprint density at radius 3 is 2.56 bits per heavy atom. The zero-order chi connectivity index (χ0) is 17.6. The summed E-state index contributed by atoms with van der Waals surface area (Å²) in [7, 11) is 0. The van der Waals surface area contributed by atoms with Crippen LogP contribution in [0.5, 0.6) is 0 Å². The van der Waals surface area contributed by atoms with Crippen LogP contribution in [0.4, 0.5) is 10.1 Å². The van der Waals surface area contributed by atoms with Crippen molar-refractivity contribution < 1.29 is 14.0 Å². The third-order valence-electron chi connectivity index (χ3n) is 4.41. The molecule has 1 N–H and O–H groups in total. The molecule has 3 rings (SSSR count). The van der Waals surface area contributed by atoms with Crippen molar-refractivity contribution in [1.29, 1.82) is 0 Å². The lowest BCUT2D eigenvalue weighted by Gasteiger charge is -2.17. The van der Waals surface area contributed by atoms with Gasteiger partial charge in [-0.2, -0.15) is 0 Å². The fourth-order valence-electron chi connectivity index (χ4n) is 3.04. The number of carbonyl (C=O) groups is 2. The molecule has 1 unspecified atom stereocenters. The van der Waals surface area contributed by atoms with Gasteiger partial charge in [0.2, 0.25) is 11.8 Å². The standard InChI is InChI=1S/C20H21FN2O2/c21-17-7-9-18(10-8-17)23-14-16(12-20(23)25)13-22-19(24)11-6-15-4-2-1-3-5-15/h1-5,7-10,16H,6,11-14H2,(H,22,24).